The minimum absolute atomic E-state index is 0.00602. The van der Waals surface area contributed by atoms with Gasteiger partial charge < -0.3 is 9.32 Å². The van der Waals surface area contributed by atoms with Crippen LogP contribution in [0.4, 0.5) is 0 Å². The number of halogens is 1. The van der Waals surface area contributed by atoms with Crippen LogP contribution >= 0.6 is 27.7 Å². The fourth-order valence-electron chi connectivity index (χ4n) is 1.60. The molecule has 1 unspecified atom stereocenters. The van der Waals surface area contributed by atoms with Crippen LogP contribution < -0.4 is 0 Å². The quantitative estimate of drug-likeness (QED) is 0.797. The predicted molar refractivity (Wildman–Crippen MR) is 64.2 cm³/mol. The Kier molecular flexibility index (Phi) is 3.41. The predicted octanol–water partition coefficient (Wildman–Crippen LogP) is 2.62. The number of carbonyl (C=O) groups is 1. The molecular formula is C10H12BrNO2S. The van der Waals surface area contributed by atoms with Gasteiger partial charge >= 0.3 is 0 Å². The summed E-state index contributed by atoms with van der Waals surface area (Å²) < 4.78 is 5.87. The third-order valence-electron chi connectivity index (χ3n) is 2.41. The smallest absolute Gasteiger partial charge is 0.289 e. The lowest BCUT2D eigenvalue weighted by Gasteiger charge is -2.32. The zero-order chi connectivity index (χ0) is 10.8. The highest BCUT2D eigenvalue weighted by molar-refractivity contribution is 9.10. The van der Waals surface area contributed by atoms with Crippen LogP contribution in [0.15, 0.2) is 21.2 Å². The Balaban J connectivity index is 2.13. The Morgan fingerprint density at radius 3 is 3.07 bits per heavy atom. The Hall–Kier alpha value is -0.420. The largest absolute Gasteiger partial charge is 0.444 e. The zero-order valence-electron chi connectivity index (χ0n) is 8.40. The summed E-state index contributed by atoms with van der Waals surface area (Å²) in [5.74, 6) is 2.43. The number of hydrogen-bond donors (Lipinski definition) is 0. The fraction of sp³-hybridized carbons (Fsp3) is 0.500. The normalized spacial score (nSPS) is 21.7. The van der Waals surface area contributed by atoms with E-state index in [1.807, 2.05) is 16.7 Å². The summed E-state index contributed by atoms with van der Waals surface area (Å²) in [6.07, 6.45) is 0. The maximum absolute atomic E-state index is 12.0. The van der Waals surface area contributed by atoms with Crippen molar-refractivity contribution in [1.82, 2.24) is 4.90 Å². The van der Waals surface area contributed by atoms with Gasteiger partial charge in [0.2, 0.25) is 0 Å². The van der Waals surface area contributed by atoms with E-state index in [4.69, 9.17) is 4.42 Å². The molecule has 1 aliphatic heterocycles. The number of furan rings is 1. The third-order valence-corrected chi connectivity index (χ3v) is 4.03. The highest BCUT2D eigenvalue weighted by Gasteiger charge is 2.26. The molecule has 0 aromatic carbocycles. The summed E-state index contributed by atoms with van der Waals surface area (Å²) in [7, 11) is 0. The number of nitrogens with zero attached hydrogens (tertiary/aromatic N) is 1. The highest BCUT2D eigenvalue weighted by atomic mass is 79.9. The van der Waals surface area contributed by atoms with Gasteiger partial charge in [0, 0.05) is 24.1 Å². The summed E-state index contributed by atoms with van der Waals surface area (Å²) in [4.78, 5) is 13.9. The van der Waals surface area contributed by atoms with E-state index in [1.54, 1.807) is 12.1 Å². The van der Waals surface area contributed by atoms with Crippen LogP contribution in [0.3, 0.4) is 0 Å². The van der Waals surface area contributed by atoms with Crippen molar-refractivity contribution >= 4 is 33.6 Å². The summed E-state index contributed by atoms with van der Waals surface area (Å²) in [5, 5.41) is 0. The minimum Gasteiger partial charge on any atom is -0.444 e. The van der Waals surface area contributed by atoms with Gasteiger partial charge in [-0.3, -0.25) is 4.79 Å². The molecule has 1 atom stereocenters. The van der Waals surface area contributed by atoms with E-state index in [-0.39, 0.29) is 5.91 Å². The molecule has 1 amide bonds. The molecule has 3 nitrogen and oxygen atoms in total. The molecule has 82 valence electrons. The highest BCUT2D eigenvalue weighted by Crippen LogP contribution is 2.21. The van der Waals surface area contributed by atoms with Gasteiger partial charge in [-0.15, -0.1) is 0 Å². The van der Waals surface area contributed by atoms with E-state index in [0.29, 0.717) is 16.5 Å². The Bertz CT molecular complexity index is 366. The molecular weight excluding hydrogens is 278 g/mol. The van der Waals surface area contributed by atoms with Crippen LogP contribution in [0.25, 0.3) is 0 Å². The molecule has 1 fully saturated rings. The molecule has 5 heteroatoms. The SMILES string of the molecule is CC1CSCCN1C(=O)c1ccc(Br)o1. The van der Waals surface area contributed by atoms with E-state index in [0.717, 1.165) is 18.1 Å². The number of amides is 1. The molecule has 0 N–H and O–H groups in total. The van der Waals surface area contributed by atoms with Crippen LogP contribution in [-0.4, -0.2) is 34.9 Å². The molecule has 0 aliphatic carbocycles. The first-order valence-corrected chi connectivity index (χ1v) is 6.77. The van der Waals surface area contributed by atoms with Crippen molar-refractivity contribution in [2.45, 2.75) is 13.0 Å². The lowest BCUT2D eigenvalue weighted by atomic mass is 10.2. The molecule has 1 aromatic heterocycles. The van der Waals surface area contributed by atoms with Crippen molar-refractivity contribution in [3.05, 3.63) is 22.6 Å². The van der Waals surface area contributed by atoms with Gasteiger partial charge in [-0.05, 0) is 35.0 Å². The minimum atomic E-state index is -0.00602. The van der Waals surface area contributed by atoms with Crippen molar-refractivity contribution < 1.29 is 9.21 Å². The molecule has 1 aliphatic rings. The van der Waals surface area contributed by atoms with Crippen LogP contribution in [0, 0.1) is 0 Å². The van der Waals surface area contributed by atoms with Crippen LogP contribution in [0.5, 0.6) is 0 Å². The van der Waals surface area contributed by atoms with Crippen LogP contribution in [0.1, 0.15) is 17.5 Å². The van der Waals surface area contributed by atoms with Crippen molar-refractivity contribution in [3.8, 4) is 0 Å². The molecule has 1 aromatic rings. The van der Waals surface area contributed by atoms with Crippen molar-refractivity contribution in [1.29, 1.82) is 0 Å². The molecule has 15 heavy (non-hydrogen) atoms. The summed E-state index contributed by atoms with van der Waals surface area (Å²) >= 11 is 5.09. The van der Waals surface area contributed by atoms with E-state index < -0.39 is 0 Å². The van der Waals surface area contributed by atoms with Gasteiger partial charge in [0.05, 0.1) is 0 Å². The fourth-order valence-corrected chi connectivity index (χ4v) is 2.92. The molecule has 2 rings (SSSR count). The molecule has 0 spiro atoms. The zero-order valence-corrected chi connectivity index (χ0v) is 10.8. The van der Waals surface area contributed by atoms with E-state index in [2.05, 4.69) is 22.9 Å². The van der Waals surface area contributed by atoms with E-state index in [1.165, 1.54) is 0 Å². The standard InChI is InChI=1S/C10H12BrNO2S/c1-7-6-15-5-4-12(7)10(13)8-2-3-9(11)14-8/h2-3,7H,4-6H2,1H3. The lowest BCUT2D eigenvalue weighted by molar-refractivity contribution is 0.0682. The van der Waals surface area contributed by atoms with Gasteiger partial charge in [-0.2, -0.15) is 11.8 Å². The summed E-state index contributed by atoms with van der Waals surface area (Å²) in [6.45, 7) is 2.88. The number of rotatable bonds is 1. The first-order chi connectivity index (χ1) is 7.18. The first kappa shape index (κ1) is 11.1. The average molecular weight is 290 g/mol. The third kappa shape index (κ3) is 2.39. The number of carbonyl (C=O) groups excluding carboxylic acids is 1. The lowest BCUT2D eigenvalue weighted by Crippen LogP contribution is -2.44. The number of hydrogen-bond acceptors (Lipinski definition) is 3. The van der Waals surface area contributed by atoms with Gasteiger partial charge in [0.15, 0.2) is 10.4 Å². The first-order valence-electron chi connectivity index (χ1n) is 4.82. The van der Waals surface area contributed by atoms with Gasteiger partial charge in [-0.25, -0.2) is 0 Å². The van der Waals surface area contributed by atoms with Crippen LogP contribution in [-0.2, 0) is 0 Å². The maximum Gasteiger partial charge on any atom is 0.289 e. The Morgan fingerprint density at radius 1 is 1.67 bits per heavy atom. The van der Waals surface area contributed by atoms with Gasteiger partial charge in [0.1, 0.15) is 0 Å². The van der Waals surface area contributed by atoms with Crippen molar-refractivity contribution in [3.63, 3.8) is 0 Å². The van der Waals surface area contributed by atoms with Crippen LogP contribution in [0.2, 0.25) is 0 Å². The van der Waals surface area contributed by atoms with Gasteiger partial charge in [-0.1, -0.05) is 0 Å². The topological polar surface area (TPSA) is 33.5 Å². The number of thioether (sulfide) groups is 1. The second-order valence-corrected chi connectivity index (χ2v) is 5.46. The molecule has 0 saturated carbocycles. The Morgan fingerprint density at radius 2 is 2.47 bits per heavy atom. The second-order valence-electron chi connectivity index (χ2n) is 3.53. The Labute approximate surface area is 101 Å². The summed E-state index contributed by atoms with van der Waals surface area (Å²) in [6, 6.07) is 3.75. The molecule has 1 saturated heterocycles. The van der Waals surface area contributed by atoms with Crippen molar-refractivity contribution in [2.24, 2.45) is 0 Å². The van der Waals surface area contributed by atoms with E-state index in [9.17, 15) is 4.79 Å². The van der Waals surface area contributed by atoms with E-state index >= 15 is 0 Å². The average Bonchev–Trinajstić information content (AvgIpc) is 2.65. The molecule has 0 bridgehead atoms. The van der Waals surface area contributed by atoms with Crippen molar-refractivity contribution in [2.75, 3.05) is 18.1 Å². The van der Waals surface area contributed by atoms with Gasteiger partial charge in [0.25, 0.3) is 5.91 Å². The monoisotopic (exact) mass is 289 g/mol. The molecule has 0 radical (unpaired) electrons. The second kappa shape index (κ2) is 4.61. The maximum atomic E-state index is 12.0. The molecule has 2 heterocycles. The summed E-state index contributed by atoms with van der Waals surface area (Å²) in [5.41, 5.74) is 0.